The average Bonchev–Trinajstić information content (AvgIpc) is 2.63. The van der Waals surface area contributed by atoms with Gasteiger partial charge < -0.3 is 10.6 Å². The molecule has 0 saturated carbocycles. The maximum atomic E-state index is 12.1. The van der Waals surface area contributed by atoms with Crippen LogP contribution in [0.5, 0.6) is 0 Å². The average molecular weight is 281 g/mol. The summed E-state index contributed by atoms with van der Waals surface area (Å²) in [6.45, 7) is 0. The Bertz CT molecular complexity index is 632. The number of anilines is 1. The van der Waals surface area contributed by atoms with Crippen molar-refractivity contribution in [3.05, 3.63) is 28.8 Å². The van der Waals surface area contributed by atoms with Crippen LogP contribution in [0.15, 0.2) is 18.2 Å². The number of carbonyl (C=O) groups excluding carboxylic acids is 3. The van der Waals surface area contributed by atoms with E-state index in [0.717, 1.165) is 4.90 Å². The van der Waals surface area contributed by atoms with E-state index in [-0.39, 0.29) is 0 Å². The van der Waals surface area contributed by atoms with E-state index in [1.54, 1.807) is 12.1 Å². The molecule has 98 valence electrons. The van der Waals surface area contributed by atoms with Gasteiger partial charge in [-0.2, -0.15) is 0 Å². The first-order valence-electron chi connectivity index (χ1n) is 5.43. The van der Waals surface area contributed by atoms with Crippen molar-refractivity contribution in [2.75, 3.05) is 12.4 Å². The molecular formula is C11H9ClN4O3. The lowest BCUT2D eigenvalue weighted by Gasteiger charge is -2.40. The number of amides is 5. The third-order valence-corrected chi connectivity index (χ3v) is 3.51. The predicted molar refractivity (Wildman–Crippen MR) is 66.6 cm³/mol. The first kappa shape index (κ1) is 11.8. The van der Waals surface area contributed by atoms with Crippen LogP contribution in [0.4, 0.5) is 15.3 Å². The Hall–Kier alpha value is -2.28. The number of rotatable bonds is 0. The fourth-order valence-corrected chi connectivity index (χ4v) is 2.51. The fraction of sp³-hybridized carbons (Fsp3) is 0.182. The second-order valence-electron chi connectivity index (χ2n) is 4.30. The molecule has 3 N–H and O–H groups in total. The Kier molecular flexibility index (Phi) is 2.24. The van der Waals surface area contributed by atoms with Crippen LogP contribution in [0.2, 0.25) is 5.02 Å². The van der Waals surface area contributed by atoms with Gasteiger partial charge in [0.2, 0.25) is 5.66 Å². The molecule has 1 unspecified atom stereocenters. The van der Waals surface area contributed by atoms with Gasteiger partial charge in [0, 0.05) is 17.6 Å². The Morgan fingerprint density at radius 2 is 1.95 bits per heavy atom. The van der Waals surface area contributed by atoms with Gasteiger partial charge in [-0.25, -0.2) is 9.59 Å². The van der Waals surface area contributed by atoms with Gasteiger partial charge in [-0.05, 0) is 12.1 Å². The van der Waals surface area contributed by atoms with E-state index in [1.165, 1.54) is 13.1 Å². The van der Waals surface area contributed by atoms with E-state index in [2.05, 4.69) is 16.0 Å². The molecule has 5 amide bonds. The molecule has 1 spiro atoms. The first-order chi connectivity index (χ1) is 8.95. The summed E-state index contributed by atoms with van der Waals surface area (Å²) in [6, 6.07) is 3.56. The van der Waals surface area contributed by atoms with E-state index in [0.29, 0.717) is 16.3 Å². The molecule has 3 rings (SSSR count). The molecular weight excluding hydrogens is 272 g/mol. The van der Waals surface area contributed by atoms with Crippen LogP contribution in [0.1, 0.15) is 5.56 Å². The van der Waals surface area contributed by atoms with Crippen LogP contribution < -0.4 is 16.0 Å². The second kappa shape index (κ2) is 3.61. The third-order valence-electron chi connectivity index (χ3n) is 3.27. The lowest BCUT2D eigenvalue weighted by atomic mass is 9.94. The van der Waals surface area contributed by atoms with Crippen LogP contribution in [0, 0.1) is 0 Å². The van der Waals surface area contributed by atoms with Gasteiger partial charge in [0.05, 0.1) is 5.69 Å². The van der Waals surface area contributed by atoms with Gasteiger partial charge in [0.15, 0.2) is 0 Å². The minimum atomic E-state index is -1.53. The number of fused-ring (bicyclic) bond motifs is 2. The Morgan fingerprint density at radius 3 is 2.58 bits per heavy atom. The van der Waals surface area contributed by atoms with E-state index in [4.69, 9.17) is 11.6 Å². The lowest BCUT2D eigenvalue weighted by Crippen LogP contribution is -2.62. The summed E-state index contributed by atoms with van der Waals surface area (Å²) in [5.41, 5.74) is -0.672. The molecule has 1 fully saturated rings. The highest BCUT2D eigenvalue weighted by molar-refractivity contribution is 6.31. The van der Waals surface area contributed by atoms with Crippen molar-refractivity contribution in [2.45, 2.75) is 5.66 Å². The monoisotopic (exact) mass is 280 g/mol. The SMILES string of the molecule is CN1C(=O)Nc2cc(Cl)ccc2C12NC(=O)NC2=O. The van der Waals surface area contributed by atoms with Crippen molar-refractivity contribution in [2.24, 2.45) is 0 Å². The van der Waals surface area contributed by atoms with Crippen molar-refractivity contribution in [1.29, 1.82) is 0 Å². The van der Waals surface area contributed by atoms with Gasteiger partial charge in [0.25, 0.3) is 5.91 Å². The highest BCUT2D eigenvalue weighted by Crippen LogP contribution is 2.38. The van der Waals surface area contributed by atoms with E-state index in [1.807, 2.05) is 0 Å². The molecule has 1 atom stereocenters. The first-order valence-corrected chi connectivity index (χ1v) is 5.81. The zero-order valence-electron chi connectivity index (χ0n) is 9.78. The number of imide groups is 1. The number of likely N-dealkylation sites (N-methyl/N-ethyl adjacent to an activating group) is 1. The molecule has 1 saturated heterocycles. The number of nitrogens with zero attached hydrogens (tertiary/aromatic N) is 1. The Labute approximate surface area is 112 Å². The van der Waals surface area contributed by atoms with E-state index >= 15 is 0 Å². The molecule has 1 aromatic rings. The van der Waals surface area contributed by atoms with Gasteiger partial charge in [-0.15, -0.1) is 0 Å². The smallest absolute Gasteiger partial charge is 0.307 e. The number of hydrogen-bond donors (Lipinski definition) is 3. The zero-order valence-corrected chi connectivity index (χ0v) is 10.5. The number of hydrogen-bond acceptors (Lipinski definition) is 3. The summed E-state index contributed by atoms with van der Waals surface area (Å²) >= 11 is 5.87. The second-order valence-corrected chi connectivity index (χ2v) is 4.73. The van der Waals surface area contributed by atoms with Gasteiger partial charge in [-0.3, -0.25) is 15.0 Å². The number of carbonyl (C=O) groups is 3. The molecule has 0 bridgehead atoms. The van der Waals surface area contributed by atoms with E-state index in [9.17, 15) is 14.4 Å². The molecule has 2 aliphatic heterocycles. The number of urea groups is 2. The van der Waals surface area contributed by atoms with Crippen LogP contribution >= 0.6 is 11.6 Å². The molecule has 7 nitrogen and oxygen atoms in total. The highest BCUT2D eigenvalue weighted by atomic mass is 35.5. The maximum Gasteiger partial charge on any atom is 0.324 e. The van der Waals surface area contributed by atoms with Crippen molar-refractivity contribution >= 4 is 35.3 Å². The van der Waals surface area contributed by atoms with Crippen LogP contribution in [0.3, 0.4) is 0 Å². The molecule has 0 aliphatic carbocycles. The highest BCUT2D eigenvalue weighted by Gasteiger charge is 2.56. The molecule has 0 radical (unpaired) electrons. The maximum absolute atomic E-state index is 12.1. The summed E-state index contributed by atoms with van der Waals surface area (Å²) in [4.78, 5) is 36.6. The zero-order chi connectivity index (χ0) is 13.8. The minimum absolute atomic E-state index is 0.396. The summed E-state index contributed by atoms with van der Waals surface area (Å²) in [5, 5.41) is 7.67. The predicted octanol–water partition coefficient (Wildman–Crippen LogP) is 0.810. The normalized spacial score (nSPS) is 24.9. The molecule has 19 heavy (non-hydrogen) atoms. The summed E-state index contributed by atoms with van der Waals surface area (Å²) in [5.74, 6) is -0.599. The summed E-state index contributed by atoms with van der Waals surface area (Å²) in [6.07, 6.45) is 0. The standard InChI is InChI=1S/C11H9ClN4O3/c1-16-10(19)13-7-4-5(12)2-3-6(7)11(16)8(17)14-9(18)15-11/h2-4H,1H3,(H,13,19)(H2,14,15,17,18). The van der Waals surface area contributed by atoms with Gasteiger partial charge in [-0.1, -0.05) is 17.7 Å². The van der Waals surface area contributed by atoms with Gasteiger partial charge in [0.1, 0.15) is 0 Å². The summed E-state index contributed by atoms with van der Waals surface area (Å²) < 4.78 is 0. The van der Waals surface area contributed by atoms with Crippen molar-refractivity contribution in [1.82, 2.24) is 15.5 Å². The van der Waals surface area contributed by atoms with Crippen molar-refractivity contribution in [3.8, 4) is 0 Å². The molecule has 2 aliphatic rings. The number of nitrogens with one attached hydrogen (secondary N) is 3. The van der Waals surface area contributed by atoms with Crippen molar-refractivity contribution in [3.63, 3.8) is 0 Å². The van der Waals surface area contributed by atoms with Crippen LogP contribution in [-0.4, -0.2) is 29.9 Å². The lowest BCUT2D eigenvalue weighted by molar-refractivity contribution is -0.129. The topological polar surface area (TPSA) is 90.5 Å². The third kappa shape index (κ3) is 1.42. The Balaban J connectivity index is 2.27. The molecule has 0 aromatic heterocycles. The number of benzene rings is 1. The fourth-order valence-electron chi connectivity index (χ4n) is 2.34. The van der Waals surface area contributed by atoms with Crippen molar-refractivity contribution < 1.29 is 14.4 Å². The van der Waals surface area contributed by atoms with Crippen LogP contribution in [0.25, 0.3) is 0 Å². The number of halogens is 1. The molecule has 1 aromatic carbocycles. The molecule has 8 heteroatoms. The summed E-state index contributed by atoms with van der Waals surface area (Å²) in [7, 11) is 1.43. The quantitative estimate of drug-likeness (QED) is 0.614. The largest absolute Gasteiger partial charge is 0.324 e. The van der Waals surface area contributed by atoms with Crippen LogP contribution in [-0.2, 0) is 10.5 Å². The Morgan fingerprint density at radius 1 is 1.21 bits per heavy atom. The molecule has 2 heterocycles. The minimum Gasteiger partial charge on any atom is -0.307 e. The van der Waals surface area contributed by atoms with E-state index < -0.39 is 23.6 Å². The van der Waals surface area contributed by atoms with Gasteiger partial charge >= 0.3 is 12.1 Å².